The molecule has 7 heteroatoms. The van der Waals surface area contributed by atoms with E-state index in [0.29, 0.717) is 0 Å². The summed E-state index contributed by atoms with van der Waals surface area (Å²) in [7, 11) is 13.5. The molecule has 0 bridgehead atoms. The molecule has 0 spiro atoms. The van der Waals surface area contributed by atoms with Crippen LogP contribution in [0, 0.1) is 83.1 Å². The fraction of sp³-hybridized carbons (Fsp3) is 0.281. The summed E-state index contributed by atoms with van der Waals surface area (Å²) in [6.07, 6.45) is 2.39. The Kier molecular flexibility index (Phi) is 11.2. The molecule has 1 aliphatic carbocycles. The summed E-state index contributed by atoms with van der Waals surface area (Å²) in [6.45, 7) is 29.7. The molecule has 0 saturated carbocycles. The predicted octanol–water partition coefficient (Wildman–Crippen LogP) is 13.6. The number of rotatable bonds is 5. The van der Waals surface area contributed by atoms with Gasteiger partial charge in [-0.15, -0.1) is 0 Å². The van der Waals surface area contributed by atoms with E-state index < -0.39 is 10.3 Å². The number of allylic oxidation sites excluding steroid dienone is 1. The number of nitrogens with zero attached hydrogens (tertiary/aromatic N) is 4. The molecule has 4 nitrogen and oxygen atoms in total. The van der Waals surface area contributed by atoms with E-state index in [4.69, 9.17) is 0 Å². The minimum absolute atomic E-state index is 0.727. The second kappa shape index (κ2) is 16.2. The molecule has 6 aromatic rings. The number of hydrogen-bond donors (Lipinski definition) is 0. The van der Waals surface area contributed by atoms with Crippen LogP contribution in [0.5, 0.6) is 0 Å². The minimum atomic E-state index is -5.74. The zero-order valence-electron chi connectivity index (χ0n) is 39.6. The van der Waals surface area contributed by atoms with Crippen LogP contribution in [0.2, 0.25) is 0 Å². The summed E-state index contributed by atoms with van der Waals surface area (Å²) in [4.78, 5) is 10.2. The monoisotopic (exact) mass is 974 g/mol. The second-order valence-corrected chi connectivity index (χ2v) is 31.8. The third kappa shape index (κ3) is 7.00. The maximum absolute atomic E-state index is 9.64. The Morgan fingerprint density at radius 3 is 0.969 bits per heavy atom. The first-order valence-corrected chi connectivity index (χ1v) is 29.6. The summed E-state index contributed by atoms with van der Waals surface area (Å²) in [5.74, 6) is 0. The number of benzene rings is 6. The molecule has 0 aromatic heterocycles. The molecule has 6 aromatic carbocycles. The molecule has 64 heavy (non-hydrogen) atoms. The molecule has 0 atom stereocenters. The molecule has 2 heterocycles. The van der Waals surface area contributed by atoms with E-state index in [-0.39, 0.29) is 0 Å². The van der Waals surface area contributed by atoms with Crippen molar-refractivity contribution in [2.45, 2.75) is 83.1 Å². The number of aryl methyl sites for hydroxylation is 12. The van der Waals surface area contributed by atoms with Gasteiger partial charge in [0, 0.05) is 0 Å². The van der Waals surface area contributed by atoms with E-state index in [1.165, 1.54) is 89.5 Å². The van der Waals surface area contributed by atoms with E-state index in [0.717, 1.165) is 61.3 Å². The molecule has 0 radical (unpaired) electrons. The predicted molar refractivity (Wildman–Crippen MR) is 278 cm³/mol. The van der Waals surface area contributed by atoms with Crippen molar-refractivity contribution in [2.75, 3.05) is 45.8 Å². The number of hydrogen-bond acceptors (Lipinski definition) is 4. The Morgan fingerprint density at radius 2 is 0.656 bits per heavy atom. The Bertz CT molecular complexity index is 2870. The van der Waals surface area contributed by atoms with Crippen LogP contribution in [0.1, 0.15) is 83.5 Å². The fourth-order valence-electron chi connectivity index (χ4n) is 11.5. The van der Waals surface area contributed by atoms with Gasteiger partial charge in [0.1, 0.15) is 0 Å². The molecule has 0 N–H and O–H groups in total. The molecule has 0 unspecified atom stereocenters. The SMILES string of the molecule is Cc1cc(C)c(N2CCN(c3c(C)cc(C)cc3C)[C]2=[Ru-6]([Cl])([Cl])(=[C]2C=C(c3ccccc3)c3ccccc32)=[C]2N(c3c(C)cc(C)cc3C)CCN2c2c(C)cc(C)cc2C)c(C)c1. The molecule has 9 rings (SSSR count). The average molecular weight is 975 g/mol. The van der Waals surface area contributed by atoms with Crippen LogP contribution < -0.4 is 19.6 Å². The normalized spacial score (nSPS) is 15.9. The maximum atomic E-state index is 9.64. The number of halogens is 2. The van der Waals surface area contributed by atoms with Gasteiger partial charge in [0.15, 0.2) is 0 Å². The van der Waals surface area contributed by atoms with Crippen molar-refractivity contribution >= 4 is 60.5 Å². The van der Waals surface area contributed by atoms with Gasteiger partial charge in [0.2, 0.25) is 0 Å². The van der Waals surface area contributed by atoms with Crippen molar-refractivity contribution < 1.29 is 10.3 Å². The van der Waals surface area contributed by atoms with E-state index in [2.05, 4.69) is 212 Å². The van der Waals surface area contributed by atoms with Crippen molar-refractivity contribution in [3.05, 3.63) is 193 Å². The van der Waals surface area contributed by atoms with E-state index in [1.807, 2.05) is 0 Å². The molecular formula is C57H62Cl2N4Ru-6. The van der Waals surface area contributed by atoms with Gasteiger partial charge >= 0.3 is 392 Å². The van der Waals surface area contributed by atoms with Crippen LogP contribution >= 0.6 is 19.4 Å². The first-order valence-electron chi connectivity index (χ1n) is 22.5. The van der Waals surface area contributed by atoms with Gasteiger partial charge in [0.05, 0.1) is 0 Å². The number of fused-ring (bicyclic) bond motifs is 1. The first kappa shape index (κ1) is 44.3. The molecular weight excluding hydrogens is 913 g/mol. The zero-order chi connectivity index (χ0) is 45.6. The molecule has 2 aliphatic heterocycles. The Balaban J connectivity index is 1.65. The second-order valence-electron chi connectivity index (χ2n) is 18.6. The van der Waals surface area contributed by atoms with Crippen LogP contribution in [0.4, 0.5) is 22.7 Å². The van der Waals surface area contributed by atoms with Gasteiger partial charge in [-0.2, -0.15) is 0 Å². The van der Waals surface area contributed by atoms with Crippen molar-refractivity contribution in [1.82, 2.24) is 0 Å². The van der Waals surface area contributed by atoms with E-state index in [9.17, 15) is 19.4 Å². The van der Waals surface area contributed by atoms with E-state index >= 15 is 0 Å². The Hall–Kier alpha value is -4.93. The average Bonchev–Trinajstić information content (AvgIpc) is 3.95. The first-order chi connectivity index (χ1) is 30.4. The van der Waals surface area contributed by atoms with Crippen molar-refractivity contribution in [3.63, 3.8) is 0 Å². The third-order valence-corrected chi connectivity index (χ3v) is 24.8. The summed E-state index contributed by atoms with van der Waals surface area (Å²) >= 11 is 0. The quantitative estimate of drug-likeness (QED) is 0.160. The van der Waals surface area contributed by atoms with Crippen LogP contribution in [-0.4, -0.2) is 39.0 Å². The summed E-state index contributed by atoms with van der Waals surface area (Å²) < 4.78 is 3.01. The van der Waals surface area contributed by atoms with Gasteiger partial charge in [0.25, 0.3) is 0 Å². The van der Waals surface area contributed by atoms with Crippen LogP contribution in [0.25, 0.3) is 5.57 Å². The third-order valence-electron chi connectivity index (χ3n) is 13.3. The Labute approximate surface area is 389 Å². The summed E-state index contributed by atoms with van der Waals surface area (Å²) in [5, 5.41) is 0. The van der Waals surface area contributed by atoms with Gasteiger partial charge < -0.3 is 0 Å². The van der Waals surface area contributed by atoms with Crippen LogP contribution in [-0.2, 0) is 10.3 Å². The molecule has 0 amide bonds. The van der Waals surface area contributed by atoms with Gasteiger partial charge in [-0.25, -0.2) is 0 Å². The van der Waals surface area contributed by atoms with Gasteiger partial charge in [-0.05, 0) is 0 Å². The van der Waals surface area contributed by atoms with Crippen LogP contribution in [0.15, 0.2) is 109 Å². The number of anilines is 4. The zero-order valence-corrected chi connectivity index (χ0v) is 42.9. The molecule has 3 aliphatic rings. The van der Waals surface area contributed by atoms with Gasteiger partial charge in [-0.3, -0.25) is 0 Å². The topological polar surface area (TPSA) is 13.0 Å². The van der Waals surface area contributed by atoms with Crippen molar-refractivity contribution in [2.24, 2.45) is 0 Å². The van der Waals surface area contributed by atoms with Crippen molar-refractivity contribution in [3.8, 4) is 0 Å². The van der Waals surface area contributed by atoms with Crippen LogP contribution in [0.3, 0.4) is 0 Å². The van der Waals surface area contributed by atoms with E-state index in [1.54, 1.807) is 0 Å². The summed E-state index contributed by atoms with van der Waals surface area (Å²) in [6, 6.07) is 38.2. The molecule has 2 fully saturated rings. The van der Waals surface area contributed by atoms with Crippen molar-refractivity contribution in [1.29, 1.82) is 0 Å². The Morgan fingerprint density at radius 1 is 0.375 bits per heavy atom. The molecule has 2 saturated heterocycles. The fourth-order valence-corrected chi connectivity index (χ4v) is 24.1. The summed E-state index contributed by atoms with van der Waals surface area (Å²) in [5.41, 5.74) is 24.0. The molecule has 338 valence electrons. The van der Waals surface area contributed by atoms with Gasteiger partial charge in [-0.1, -0.05) is 0 Å². The standard InChI is InChI=1S/2C21H26N2.C15H10.2ClH.Ru/c2*1-14-9-16(3)20(17(4)10-14)22-7-8-23(13-22)21-18(5)11-15(2)12-19(21)6;1-2-6-12(7-3-1)15-11-10-13-8-4-5-9-14(13)15;;;/h2*9-12H,7-8H2,1-6H3;1-9,11H;2*1H;/q;;;;;-4/p-2.